The first kappa shape index (κ1) is 19.0. The van der Waals surface area contributed by atoms with Gasteiger partial charge >= 0.3 is 6.02 Å². The lowest BCUT2D eigenvalue weighted by Crippen LogP contribution is -2.38. The summed E-state index contributed by atoms with van der Waals surface area (Å²) >= 11 is 0. The predicted octanol–water partition coefficient (Wildman–Crippen LogP) is 3.04. The van der Waals surface area contributed by atoms with Gasteiger partial charge in [0, 0.05) is 29.1 Å². The van der Waals surface area contributed by atoms with E-state index in [1.807, 2.05) is 0 Å². The molecule has 9 heteroatoms. The highest BCUT2D eigenvalue weighted by Crippen LogP contribution is 2.54. The second-order valence-electron chi connectivity index (χ2n) is 7.76. The molecule has 28 heavy (non-hydrogen) atoms. The van der Waals surface area contributed by atoms with Crippen LogP contribution in [0.2, 0.25) is 0 Å². The van der Waals surface area contributed by atoms with Crippen molar-refractivity contribution in [3.05, 3.63) is 29.6 Å². The zero-order valence-electron chi connectivity index (χ0n) is 15.3. The lowest BCUT2D eigenvalue weighted by molar-refractivity contribution is -0.120. The van der Waals surface area contributed by atoms with Gasteiger partial charge in [-0.25, -0.2) is 18.2 Å². The summed E-state index contributed by atoms with van der Waals surface area (Å²) in [4.78, 5) is 21.3. The number of fused-ring (bicyclic) bond motifs is 1. The molecule has 0 spiro atoms. The minimum atomic E-state index is -3.00. The first-order valence-electron chi connectivity index (χ1n) is 9.58. The number of carbonyl (C=O) groups excluding carboxylic acids is 1. The van der Waals surface area contributed by atoms with Crippen LogP contribution < -0.4 is 16.5 Å². The van der Waals surface area contributed by atoms with E-state index < -0.39 is 35.8 Å². The molecule has 2 aliphatic carbocycles. The lowest BCUT2D eigenvalue weighted by atomic mass is 9.84. The molecule has 1 aromatic carbocycles. The minimum Gasteiger partial charge on any atom is -0.371 e. The Morgan fingerprint density at radius 3 is 2.79 bits per heavy atom. The Morgan fingerprint density at radius 2 is 2.07 bits per heavy atom. The molecule has 152 valence electrons. The molecule has 3 atom stereocenters. The molecule has 4 rings (SSSR count). The van der Waals surface area contributed by atoms with Gasteiger partial charge < -0.3 is 15.9 Å². The first-order chi connectivity index (χ1) is 13.4. The Balaban J connectivity index is 1.67. The number of rotatable bonds is 4. The highest BCUT2D eigenvalue weighted by Gasteiger charge is 2.62. The molecule has 6 nitrogen and oxygen atoms in total. The summed E-state index contributed by atoms with van der Waals surface area (Å²) < 4.78 is 43.2. The number of hydrogen-bond acceptors (Lipinski definition) is 5. The average molecular weight is 396 g/mol. The third-order valence-electron chi connectivity index (χ3n) is 5.94. The molecular weight excluding hydrogens is 373 g/mol. The molecule has 1 aliphatic heterocycles. The smallest absolute Gasteiger partial charge is 0.303 e. The Bertz CT molecular complexity index is 797. The second-order valence-corrected chi connectivity index (χ2v) is 7.76. The molecule has 1 amide bonds. The van der Waals surface area contributed by atoms with E-state index >= 15 is 0 Å². The van der Waals surface area contributed by atoms with Crippen LogP contribution in [-0.4, -0.2) is 24.4 Å². The molecule has 0 unspecified atom stereocenters. The number of hydroxylamine groups is 1. The van der Waals surface area contributed by atoms with E-state index in [9.17, 15) is 18.0 Å². The molecule has 1 aromatic rings. The maximum atomic E-state index is 14.7. The summed E-state index contributed by atoms with van der Waals surface area (Å²) in [5.74, 6) is -1.75. The van der Waals surface area contributed by atoms with Gasteiger partial charge in [0.25, 0.3) is 6.43 Å². The number of benzene rings is 1. The third kappa shape index (κ3) is 3.32. The molecular formula is C19H23F3N4O2. The standard InChI is InChI=1S/C19H23F3N4O2/c20-14-7-6-11(24-16(27)10-4-2-1-3-5-10)8-12(14)19(17(21)22)13-9-15(13)26-28-18(23)25-19/h6-8,10,13,15,17,26H,1-5,9H2,(H2,23,25)(H,24,27)/t13-,15+,19+/m0/s1. The van der Waals surface area contributed by atoms with Gasteiger partial charge in [0.1, 0.15) is 5.82 Å². The maximum absolute atomic E-state index is 14.7. The number of hydrogen-bond donors (Lipinski definition) is 3. The van der Waals surface area contributed by atoms with Crippen molar-refractivity contribution in [3.63, 3.8) is 0 Å². The monoisotopic (exact) mass is 396 g/mol. The number of carbonyl (C=O) groups is 1. The van der Waals surface area contributed by atoms with Crippen molar-refractivity contribution in [2.45, 2.75) is 56.5 Å². The van der Waals surface area contributed by atoms with E-state index in [1.54, 1.807) is 0 Å². The van der Waals surface area contributed by atoms with Gasteiger partial charge in [0.05, 0.1) is 0 Å². The minimum absolute atomic E-state index is 0.108. The Kier molecular flexibility index (Phi) is 4.95. The van der Waals surface area contributed by atoms with Crippen molar-refractivity contribution in [2.24, 2.45) is 22.6 Å². The predicted molar refractivity (Wildman–Crippen MR) is 97.0 cm³/mol. The topological polar surface area (TPSA) is 88.7 Å². The number of aliphatic imine (C=N–C) groups is 1. The molecule has 2 fully saturated rings. The number of anilines is 1. The van der Waals surface area contributed by atoms with Crippen LogP contribution in [-0.2, 0) is 15.2 Å². The van der Waals surface area contributed by atoms with Gasteiger partial charge in [-0.15, -0.1) is 5.48 Å². The van der Waals surface area contributed by atoms with Crippen LogP contribution in [0.15, 0.2) is 23.2 Å². The molecule has 0 bridgehead atoms. The van der Waals surface area contributed by atoms with Crippen LogP contribution in [0, 0.1) is 17.7 Å². The normalized spacial score (nSPS) is 30.1. The van der Waals surface area contributed by atoms with Crippen LogP contribution in [0.1, 0.15) is 44.1 Å². The SMILES string of the molecule is NC1=N[C@@](c2cc(NC(=O)C3CCCCC3)ccc2F)(C(F)F)[C@H]2C[C@H]2NO1. The Hall–Kier alpha value is -2.29. The lowest BCUT2D eigenvalue weighted by Gasteiger charge is -2.30. The maximum Gasteiger partial charge on any atom is 0.303 e. The van der Waals surface area contributed by atoms with Crippen molar-refractivity contribution < 1.29 is 22.8 Å². The molecule has 0 radical (unpaired) electrons. The summed E-state index contributed by atoms with van der Waals surface area (Å²) in [6, 6.07) is 2.85. The van der Waals surface area contributed by atoms with E-state index in [4.69, 9.17) is 10.6 Å². The van der Waals surface area contributed by atoms with Crippen LogP contribution in [0.4, 0.5) is 18.9 Å². The van der Waals surface area contributed by atoms with E-state index in [0.29, 0.717) is 6.42 Å². The number of amidine groups is 1. The van der Waals surface area contributed by atoms with E-state index in [-0.39, 0.29) is 23.1 Å². The quantitative estimate of drug-likeness (QED) is 0.730. The number of nitrogens with two attached hydrogens (primary N) is 1. The van der Waals surface area contributed by atoms with Crippen molar-refractivity contribution in [1.29, 1.82) is 0 Å². The van der Waals surface area contributed by atoms with Crippen molar-refractivity contribution in [2.75, 3.05) is 5.32 Å². The summed E-state index contributed by atoms with van der Waals surface area (Å²) in [6.07, 6.45) is 2.06. The van der Waals surface area contributed by atoms with Gasteiger partial charge in [-0.1, -0.05) is 19.3 Å². The highest BCUT2D eigenvalue weighted by atomic mass is 19.3. The zero-order chi connectivity index (χ0) is 19.9. The number of alkyl halides is 2. The number of amides is 1. The van der Waals surface area contributed by atoms with Gasteiger partial charge in [0.2, 0.25) is 5.91 Å². The van der Waals surface area contributed by atoms with Crippen LogP contribution >= 0.6 is 0 Å². The van der Waals surface area contributed by atoms with Crippen molar-refractivity contribution in [1.82, 2.24) is 5.48 Å². The molecule has 1 heterocycles. The average Bonchev–Trinajstić information content (AvgIpc) is 3.47. The Labute approximate surface area is 160 Å². The van der Waals surface area contributed by atoms with E-state index in [0.717, 1.165) is 38.2 Å². The van der Waals surface area contributed by atoms with Gasteiger partial charge in [-0.2, -0.15) is 0 Å². The van der Waals surface area contributed by atoms with E-state index in [2.05, 4.69) is 15.8 Å². The van der Waals surface area contributed by atoms with Gasteiger partial charge in [0.15, 0.2) is 5.54 Å². The first-order valence-corrected chi connectivity index (χ1v) is 9.58. The fourth-order valence-electron chi connectivity index (χ4n) is 4.34. The fourth-order valence-corrected chi connectivity index (χ4v) is 4.34. The molecule has 0 aromatic heterocycles. The number of nitrogens with one attached hydrogen (secondary N) is 2. The van der Waals surface area contributed by atoms with Crippen molar-refractivity contribution in [3.8, 4) is 0 Å². The number of halogens is 3. The summed E-state index contributed by atoms with van der Waals surface area (Å²) in [5.41, 5.74) is 5.98. The number of nitrogens with zero attached hydrogens (tertiary/aromatic N) is 1. The van der Waals surface area contributed by atoms with E-state index in [1.165, 1.54) is 12.1 Å². The van der Waals surface area contributed by atoms with Crippen LogP contribution in [0.3, 0.4) is 0 Å². The molecule has 4 N–H and O–H groups in total. The van der Waals surface area contributed by atoms with Crippen LogP contribution in [0.25, 0.3) is 0 Å². The highest BCUT2D eigenvalue weighted by molar-refractivity contribution is 5.92. The van der Waals surface area contributed by atoms with Crippen LogP contribution in [0.5, 0.6) is 0 Å². The molecule has 2 saturated carbocycles. The molecule has 3 aliphatic rings. The van der Waals surface area contributed by atoms with Gasteiger partial charge in [-0.05, 0) is 37.5 Å². The fraction of sp³-hybridized carbons (Fsp3) is 0.579. The van der Waals surface area contributed by atoms with Crippen molar-refractivity contribution >= 4 is 17.6 Å². The van der Waals surface area contributed by atoms with Gasteiger partial charge in [-0.3, -0.25) is 4.79 Å². The summed E-state index contributed by atoms with van der Waals surface area (Å²) in [6.45, 7) is 0. The third-order valence-corrected chi connectivity index (χ3v) is 5.94. The summed E-state index contributed by atoms with van der Waals surface area (Å²) in [5, 5.41) is 2.75. The largest absolute Gasteiger partial charge is 0.371 e. The second kappa shape index (κ2) is 7.27. The molecule has 0 saturated heterocycles. The summed E-state index contributed by atoms with van der Waals surface area (Å²) in [7, 11) is 0. The zero-order valence-corrected chi connectivity index (χ0v) is 15.3. The Morgan fingerprint density at radius 1 is 1.32 bits per heavy atom.